The second kappa shape index (κ2) is 4.79. The van der Waals surface area contributed by atoms with E-state index in [9.17, 15) is 9.59 Å². The zero-order valence-electron chi connectivity index (χ0n) is 7.57. The summed E-state index contributed by atoms with van der Waals surface area (Å²) in [6.07, 6.45) is 0. The number of rotatable bonds is 3. The average Bonchev–Trinajstić information content (AvgIpc) is 2.17. The fraction of sp³-hybridized carbons (Fsp3) is 0.111. The van der Waals surface area contributed by atoms with E-state index in [1.54, 1.807) is 0 Å². The van der Waals surface area contributed by atoms with Gasteiger partial charge >= 0.3 is 11.9 Å². The second-order valence-electron chi connectivity index (χ2n) is 2.62. The highest BCUT2D eigenvalue weighted by Gasteiger charge is 2.19. The number of carboxylic acids is 1. The third-order valence-electron chi connectivity index (χ3n) is 1.72. The van der Waals surface area contributed by atoms with Crippen LogP contribution in [0.25, 0.3) is 0 Å². The lowest BCUT2D eigenvalue weighted by Crippen LogP contribution is -2.13. The van der Waals surface area contributed by atoms with Crippen LogP contribution in [0.15, 0.2) is 18.2 Å². The van der Waals surface area contributed by atoms with Gasteiger partial charge in [0.25, 0.3) is 0 Å². The van der Waals surface area contributed by atoms with Crippen LogP contribution >= 0.6 is 15.9 Å². The number of anilines is 1. The summed E-state index contributed by atoms with van der Waals surface area (Å²) in [7, 11) is 0. The molecule has 80 valence electrons. The molecule has 1 aromatic rings. The summed E-state index contributed by atoms with van der Waals surface area (Å²) in [5.74, 6) is -1.98. The maximum atomic E-state index is 11.4. The van der Waals surface area contributed by atoms with Crippen molar-refractivity contribution in [2.75, 3.05) is 11.2 Å². The van der Waals surface area contributed by atoms with Crippen LogP contribution in [0, 0.1) is 0 Å². The lowest BCUT2D eigenvalue weighted by molar-refractivity contribution is 0.0568. The molecule has 0 aliphatic rings. The van der Waals surface area contributed by atoms with Crippen LogP contribution in [0.4, 0.5) is 5.69 Å². The first-order valence-electron chi connectivity index (χ1n) is 3.92. The third kappa shape index (κ3) is 2.47. The summed E-state index contributed by atoms with van der Waals surface area (Å²) in [6, 6.07) is 4.26. The van der Waals surface area contributed by atoms with Gasteiger partial charge in [-0.15, -0.1) is 0 Å². The Balaban J connectivity index is 3.23. The zero-order chi connectivity index (χ0) is 11.4. The minimum Gasteiger partial charge on any atom is -0.478 e. The fourth-order valence-corrected chi connectivity index (χ4v) is 1.31. The van der Waals surface area contributed by atoms with E-state index in [0.717, 1.165) is 0 Å². The molecule has 0 atom stereocenters. The van der Waals surface area contributed by atoms with E-state index < -0.39 is 11.9 Å². The van der Waals surface area contributed by atoms with E-state index in [-0.39, 0.29) is 22.3 Å². The van der Waals surface area contributed by atoms with Crippen LogP contribution in [-0.4, -0.2) is 22.6 Å². The molecule has 0 saturated heterocycles. The van der Waals surface area contributed by atoms with Crippen molar-refractivity contribution in [1.82, 2.24) is 0 Å². The molecule has 0 spiro atoms. The minimum absolute atomic E-state index is 0.000306. The number of carboxylic acid groups (broad SMARTS) is 1. The topological polar surface area (TPSA) is 89.6 Å². The first-order chi connectivity index (χ1) is 7.07. The second-order valence-corrected chi connectivity index (χ2v) is 3.07. The number of aromatic carboxylic acids is 1. The summed E-state index contributed by atoms with van der Waals surface area (Å²) >= 11 is 2.91. The number of carbonyl (C=O) groups excluding carboxylic acids is 1. The Morgan fingerprint density at radius 2 is 2.13 bits per heavy atom. The van der Waals surface area contributed by atoms with Crippen molar-refractivity contribution in [3.05, 3.63) is 29.3 Å². The number of alkyl halides is 1. The van der Waals surface area contributed by atoms with Crippen LogP contribution < -0.4 is 5.73 Å². The Morgan fingerprint density at radius 3 is 2.67 bits per heavy atom. The molecule has 0 amide bonds. The molecular weight excluding hydrogens is 266 g/mol. The molecule has 0 aromatic heterocycles. The van der Waals surface area contributed by atoms with Gasteiger partial charge in [0.05, 0.1) is 11.1 Å². The fourth-order valence-electron chi connectivity index (χ4n) is 1.11. The summed E-state index contributed by atoms with van der Waals surface area (Å²) in [5, 5.41) is 8.86. The van der Waals surface area contributed by atoms with Gasteiger partial charge in [-0.3, -0.25) is 0 Å². The number of ether oxygens (including phenoxy) is 1. The smallest absolute Gasteiger partial charge is 0.339 e. The molecule has 15 heavy (non-hydrogen) atoms. The summed E-state index contributed by atoms with van der Waals surface area (Å²) in [6.45, 7) is 0. The summed E-state index contributed by atoms with van der Waals surface area (Å²) < 4.78 is 4.63. The van der Waals surface area contributed by atoms with Crippen molar-refractivity contribution in [3.8, 4) is 0 Å². The van der Waals surface area contributed by atoms with E-state index in [4.69, 9.17) is 10.8 Å². The Kier molecular flexibility index (Phi) is 3.68. The average molecular weight is 274 g/mol. The molecule has 1 rings (SSSR count). The lowest BCUT2D eigenvalue weighted by atomic mass is 10.1. The minimum atomic E-state index is -1.25. The zero-order valence-corrected chi connectivity index (χ0v) is 9.15. The molecule has 5 nitrogen and oxygen atoms in total. The van der Waals surface area contributed by atoms with Gasteiger partial charge < -0.3 is 15.6 Å². The van der Waals surface area contributed by atoms with Crippen molar-refractivity contribution < 1.29 is 19.4 Å². The first-order valence-corrected chi connectivity index (χ1v) is 5.05. The van der Waals surface area contributed by atoms with Crippen molar-refractivity contribution in [2.45, 2.75) is 0 Å². The Hall–Kier alpha value is -1.56. The molecule has 0 heterocycles. The van der Waals surface area contributed by atoms with E-state index >= 15 is 0 Å². The molecule has 0 aliphatic carbocycles. The monoisotopic (exact) mass is 273 g/mol. The molecule has 3 N–H and O–H groups in total. The van der Waals surface area contributed by atoms with Crippen molar-refractivity contribution in [3.63, 3.8) is 0 Å². The Labute approximate surface area is 94.0 Å². The van der Waals surface area contributed by atoms with E-state index in [1.807, 2.05) is 0 Å². The van der Waals surface area contributed by atoms with Crippen molar-refractivity contribution in [1.29, 1.82) is 0 Å². The highest BCUT2D eigenvalue weighted by atomic mass is 79.9. The number of nitrogens with two attached hydrogens (primary N) is 1. The molecule has 1 aromatic carbocycles. The molecule has 0 unspecified atom stereocenters. The molecule has 6 heteroatoms. The lowest BCUT2D eigenvalue weighted by Gasteiger charge is -2.06. The summed E-state index contributed by atoms with van der Waals surface area (Å²) in [5.41, 5.74) is 5.20. The van der Waals surface area contributed by atoms with E-state index in [0.29, 0.717) is 0 Å². The Morgan fingerprint density at radius 1 is 1.47 bits per heavy atom. The molecule has 0 bridgehead atoms. The first kappa shape index (κ1) is 11.5. The van der Waals surface area contributed by atoms with Crippen LogP contribution in [0.2, 0.25) is 0 Å². The van der Waals surface area contributed by atoms with E-state index in [1.165, 1.54) is 18.2 Å². The standard InChI is InChI=1S/C9H8BrNO4/c10-4-15-9(14)5-2-1-3-6(11)7(5)8(12)13/h1-3H,4,11H2,(H,12,13). The normalized spacial score (nSPS) is 9.67. The van der Waals surface area contributed by atoms with Crippen molar-refractivity contribution >= 4 is 33.6 Å². The van der Waals surface area contributed by atoms with Crippen molar-refractivity contribution in [2.24, 2.45) is 0 Å². The predicted octanol–water partition coefficient (Wildman–Crippen LogP) is 1.48. The van der Waals surface area contributed by atoms with Gasteiger partial charge in [0, 0.05) is 5.69 Å². The molecular formula is C9H8BrNO4. The Bertz CT molecular complexity index is 405. The number of hydrogen-bond donors (Lipinski definition) is 2. The SMILES string of the molecule is Nc1cccc(C(=O)OCBr)c1C(=O)O. The molecule has 0 saturated carbocycles. The number of hydrogen-bond acceptors (Lipinski definition) is 4. The number of benzene rings is 1. The maximum Gasteiger partial charge on any atom is 0.339 e. The highest BCUT2D eigenvalue weighted by molar-refractivity contribution is 9.09. The van der Waals surface area contributed by atoms with Gasteiger partial charge in [-0.05, 0) is 28.1 Å². The van der Waals surface area contributed by atoms with Crippen LogP contribution in [0.1, 0.15) is 20.7 Å². The largest absolute Gasteiger partial charge is 0.478 e. The number of halogens is 1. The van der Waals surface area contributed by atoms with E-state index in [2.05, 4.69) is 20.7 Å². The molecule has 0 fully saturated rings. The molecule has 0 radical (unpaired) electrons. The quantitative estimate of drug-likeness (QED) is 0.495. The number of esters is 1. The van der Waals surface area contributed by atoms with Gasteiger partial charge in [-0.25, -0.2) is 9.59 Å². The molecule has 0 aliphatic heterocycles. The van der Waals surface area contributed by atoms with Crippen LogP contribution in [-0.2, 0) is 4.74 Å². The third-order valence-corrected chi connectivity index (χ3v) is 1.95. The number of carbonyl (C=O) groups is 2. The summed E-state index contributed by atoms with van der Waals surface area (Å²) in [4.78, 5) is 22.2. The predicted molar refractivity (Wildman–Crippen MR) is 57.0 cm³/mol. The van der Waals surface area contributed by atoms with Gasteiger partial charge in [0.2, 0.25) is 0 Å². The number of nitrogen functional groups attached to an aromatic ring is 1. The van der Waals surface area contributed by atoms with Crippen LogP contribution in [0.3, 0.4) is 0 Å². The highest BCUT2D eigenvalue weighted by Crippen LogP contribution is 2.18. The maximum absolute atomic E-state index is 11.4. The van der Waals surface area contributed by atoms with Gasteiger partial charge in [0.15, 0.2) is 0 Å². The van der Waals surface area contributed by atoms with Gasteiger partial charge in [-0.1, -0.05) is 6.07 Å². The van der Waals surface area contributed by atoms with Gasteiger partial charge in [0.1, 0.15) is 5.52 Å². The van der Waals surface area contributed by atoms with Gasteiger partial charge in [-0.2, -0.15) is 0 Å². The van der Waals surface area contributed by atoms with Crippen LogP contribution in [0.5, 0.6) is 0 Å².